The third kappa shape index (κ3) is 4.45. The number of nitrogens with one attached hydrogen (secondary N) is 1. The van der Waals surface area contributed by atoms with Crippen molar-refractivity contribution in [2.45, 2.75) is 91.1 Å². The first-order chi connectivity index (χ1) is 10.1. The normalized spacial score (nSPS) is 34.6. The fraction of sp³-hybridized carbons (Fsp3) is 1.00. The number of nitrogens with zero attached hydrogens (tertiary/aromatic N) is 1. The third-order valence-electron chi connectivity index (χ3n) is 6.02. The van der Waals surface area contributed by atoms with Crippen LogP contribution in [0.3, 0.4) is 0 Å². The highest BCUT2D eigenvalue weighted by molar-refractivity contribution is 4.98. The Labute approximate surface area is 133 Å². The van der Waals surface area contributed by atoms with Gasteiger partial charge in [0.2, 0.25) is 0 Å². The van der Waals surface area contributed by atoms with E-state index in [9.17, 15) is 0 Å². The molecule has 2 fully saturated rings. The molecule has 0 spiro atoms. The lowest BCUT2D eigenvalue weighted by Crippen LogP contribution is -2.59. The molecule has 0 bridgehead atoms. The van der Waals surface area contributed by atoms with E-state index < -0.39 is 0 Å². The van der Waals surface area contributed by atoms with Crippen molar-refractivity contribution in [3.63, 3.8) is 0 Å². The Morgan fingerprint density at radius 3 is 2.57 bits per heavy atom. The summed E-state index contributed by atoms with van der Waals surface area (Å²) in [5.41, 5.74) is 0.452. The van der Waals surface area contributed by atoms with E-state index >= 15 is 0 Å². The average molecular weight is 295 g/mol. The molecular formula is C19H38N2. The van der Waals surface area contributed by atoms with Crippen LogP contribution in [0.5, 0.6) is 0 Å². The molecule has 21 heavy (non-hydrogen) atoms. The van der Waals surface area contributed by atoms with Gasteiger partial charge in [-0.3, -0.25) is 4.90 Å². The first-order valence-corrected chi connectivity index (χ1v) is 9.56. The van der Waals surface area contributed by atoms with Gasteiger partial charge in [-0.2, -0.15) is 0 Å². The predicted molar refractivity (Wildman–Crippen MR) is 92.7 cm³/mol. The van der Waals surface area contributed by atoms with Crippen molar-refractivity contribution in [1.82, 2.24) is 10.2 Å². The lowest BCUT2D eigenvalue weighted by atomic mass is 9.70. The van der Waals surface area contributed by atoms with Gasteiger partial charge in [0.05, 0.1) is 0 Å². The summed E-state index contributed by atoms with van der Waals surface area (Å²) in [4.78, 5) is 2.85. The number of rotatable bonds is 5. The van der Waals surface area contributed by atoms with Crippen LogP contribution in [-0.4, -0.2) is 36.6 Å². The van der Waals surface area contributed by atoms with Crippen molar-refractivity contribution < 1.29 is 0 Å². The van der Waals surface area contributed by atoms with Crippen molar-refractivity contribution in [2.75, 3.05) is 19.6 Å². The van der Waals surface area contributed by atoms with Crippen molar-refractivity contribution in [3.05, 3.63) is 0 Å². The van der Waals surface area contributed by atoms with Crippen molar-refractivity contribution in [1.29, 1.82) is 0 Å². The molecule has 1 aliphatic heterocycles. The van der Waals surface area contributed by atoms with Crippen molar-refractivity contribution >= 4 is 0 Å². The maximum atomic E-state index is 3.84. The van der Waals surface area contributed by atoms with Gasteiger partial charge in [0.15, 0.2) is 0 Å². The molecule has 1 N–H and O–H groups in total. The summed E-state index contributed by atoms with van der Waals surface area (Å²) in [6, 6.07) is 1.45. The van der Waals surface area contributed by atoms with Gasteiger partial charge in [0.1, 0.15) is 0 Å². The van der Waals surface area contributed by atoms with Crippen LogP contribution < -0.4 is 5.32 Å². The molecule has 1 saturated carbocycles. The van der Waals surface area contributed by atoms with Gasteiger partial charge < -0.3 is 5.32 Å². The molecule has 1 aliphatic carbocycles. The zero-order valence-electron chi connectivity index (χ0n) is 15.0. The monoisotopic (exact) mass is 294 g/mol. The van der Waals surface area contributed by atoms with Gasteiger partial charge in [-0.15, -0.1) is 0 Å². The molecule has 2 nitrogen and oxygen atoms in total. The summed E-state index contributed by atoms with van der Waals surface area (Å²) >= 11 is 0. The first-order valence-electron chi connectivity index (χ1n) is 9.56. The van der Waals surface area contributed by atoms with Crippen LogP contribution in [-0.2, 0) is 0 Å². The van der Waals surface area contributed by atoms with Crippen LogP contribution in [0.25, 0.3) is 0 Å². The second kappa shape index (κ2) is 7.97. The molecule has 3 unspecified atom stereocenters. The van der Waals surface area contributed by atoms with Gasteiger partial charge >= 0.3 is 0 Å². The Bertz CT molecular complexity index is 300. The molecule has 2 aliphatic rings. The van der Waals surface area contributed by atoms with Gasteiger partial charge in [0, 0.05) is 12.1 Å². The highest BCUT2D eigenvalue weighted by atomic mass is 15.2. The lowest BCUT2D eigenvalue weighted by molar-refractivity contribution is 0.0502. The predicted octanol–water partition coefficient (Wildman–Crippen LogP) is 4.45. The van der Waals surface area contributed by atoms with E-state index in [-0.39, 0.29) is 0 Å². The van der Waals surface area contributed by atoms with E-state index in [0.29, 0.717) is 11.5 Å². The topological polar surface area (TPSA) is 15.3 Å². The molecule has 1 heterocycles. The number of hydrogen-bond acceptors (Lipinski definition) is 2. The number of hydrogen-bond donors (Lipinski definition) is 1. The Morgan fingerprint density at radius 2 is 1.86 bits per heavy atom. The minimum absolute atomic E-state index is 0.452. The Balaban J connectivity index is 2.00. The van der Waals surface area contributed by atoms with E-state index in [1.165, 1.54) is 64.5 Å². The van der Waals surface area contributed by atoms with Crippen LogP contribution in [0.15, 0.2) is 0 Å². The number of likely N-dealkylation sites (N-methyl/N-ethyl adjacent to an activating group) is 1. The summed E-state index contributed by atoms with van der Waals surface area (Å²) < 4.78 is 0. The van der Waals surface area contributed by atoms with Gasteiger partial charge in [-0.25, -0.2) is 0 Å². The maximum absolute atomic E-state index is 3.84. The molecule has 0 aromatic rings. The average Bonchev–Trinajstić information content (AvgIpc) is 2.67. The van der Waals surface area contributed by atoms with E-state index in [1.807, 2.05) is 0 Å². The second-order valence-corrected chi connectivity index (χ2v) is 8.11. The fourth-order valence-corrected chi connectivity index (χ4v) is 4.85. The van der Waals surface area contributed by atoms with Gasteiger partial charge in [-0.1, -0.05) is 47.0 Å². The van der Waals surface area contributed by atoms with Crippen LogP contribution in [0.2, 0.25) is 0 Å². The minimum atomic E-state index is 0.452. The van der Waals surface area contributed by atoms with E-state index in [4.69, 9.17) is 0 Å². The summed E-state index contributed by atoms with van der Waals surface area (Å²) in [6.45, 7) is 13.3. The Hall–Kier alpha value is -0.0800. The van der Waals surface area contributed by atoms with Crippen LogP contribution in [0.1, 0.15) is 79.1 Å². The molecule has 0 amide bonds. The molecule has 3 atom stereocenters. The third-order valence-corrected chi connectivity index (χ3v) is 6.02. The molecule has 0 radical (unpaired) electrons. The van der Waals surface area contributed by atoms with Crippen molar-refractivity contribution in [3.8, 4) is 0 Å². The molecule has 124 valence electrons. The fourth-order valence-electron chi connectivity index (χ4n) is 4.85. The molecule has 0 aromatic carbocycles. The smallest absolute Gasteiger partial charge is 0.0274 e. The maximum Gasteiger partial charge on any atom is 0.0274 e. The molecule has 1 saturated heterocycles. The minimum Gasteiger partial charge on any atom is -0.312 e. The summed E-state index contributed by atoms with van der Waals surface area (Å²) in [7, 11) is 0. The van der Waals surface area contributed by atoms with Gasteiger partial charge in [-0.05, 0) is 63.1 Å². The number of likely N-dealkylation sites (tertiary alicyclic amines) is 1. The molecular weight excluding hydrogens is 256 g/mol. The Morgan fingerprint density at radius 1 is 1.05 bits per heavy atom. The van der Waals surface area contributed by atoms with Crippen LogP contribution in [0.4, 0.5) is 0 Å². The van der Waals surface area contributed by atoms with E-state index in [1.54, 1.807) is 0 Å². The quantitative estimate of drug-likeness (QED) is 0.806. The van der Waals surface area contributed by atoms with Crippen LogP contribution >= 0.6 is 0 Å². The zero-order chi connectivity index (χ0) is 15.3. The molecule has 2 rings (SSSR count). The highest BCUT2D eigenvalue weighted by Crippen LogP contribution is 2.38. The zero-order valence-corrected chi connectivity index (χ0v) is 15.0. The second-order valence-electron chi connectivity index (χ2n) is 8.11. The van der Waals surface area contributed by atoms with Gasteiger partial charge in [0.25, 0.3) is 0 Å². The van der Waals surface area contributed by atoms with Crippen molar-refractivity contribution in [2.24, 2.45) is 11.3 Å². The summed E-state index contributed by atoms with van der Waals surface area (Å²) in [5, 5.41) is 3.84. The summed E-state index contributed by atoms with van der Waals surface area (Å²) in [5.74, 6) is 0.995. The highest BCUT2D eigenvalue weighted by Gasteiger charge is 2.41. The van der Waals surface area contributed by atoms with E-state index in [0.717, 1.165) is 18.5 Å². The largest absolute Gasteiger partial charge is 0.312 e. The van der Waals surface area contributed by atoms with Crippen LogP contribution in [0, 0.1) is 11.3 Å². The Kier molecular flexibility index (Phi) is 6.55. The standard InChI is InChI=1S/C19H38N2/c1-5-9-16-10-8-14-21(15-12-16)17-11-7-13-19(3,4)18(17)20-6-2/h16-18,20H,5-15H2,1-4H3. The lowest BCUT2D eigenvalue weighted by Gasteiger charge is -2.48. The summed E-state index contributed by atoms with van der Waals surface area (Å²) in [6.07, 6.45) is 11.3. The molecule has 2 heteroatoms. The molecule has 0 aromatic heterocycles. The SMILES string of the molecule is CCCC1CCCN(C2CCCC(C)(C)C2NCC)CC1. The first kappa shape index (κ1) is 17.3. The van der Waals surface area contributed by atoms with E-state index in [2.05, 4.69) is 37.9 Å².